The largest absolute Gasteiger partial charge is 0.462 e. The summed E-state index contributed by atoms with van der Waals surface area (Å²) in [6.07, 6.45) is 80.4. The molecular weight excluding hydrogens is 877 g/mol. The second kappa shape index (κ2) is 58.4. The number of unbranched alkanes of at least 4 members (excludes halogenated alkanes) is 20. The SMILES string of the molecule is CC/C=C\C/C=C\C/C=C\C/C=C\C/C=C\CCCCCC(=O)OCC(COC(=O)CCCCCCC/C=C\CCCCCCCC)OC(=O)CCCCCCCC/C=C\C/C=C\C/C=C\C/C=C\CC. The molecule has 0 aliphatic heterocycles. The van der Waals surface area contributed by atoms with Gasteiger partial charge in [-0.05, 0) is 128 Å². The van der Waals surface area contributed by atoms with Crippen molar-refractivity contribution >= 4 is 17.9 Å². The maximum Gasteiger partial charge on any atom is 0.306 e. The van der Waals surface area contributed by atoms with Gasteiger partial charge in [0.2, 0.25) is 0 Å². The van der Waals surface area contributed by atoms with Crippen molar-refractivity contribution < 1.29 is 28.6 Å². The first kappa shape index (κ1) is 66.8. The number of carbonyl (C=O) groups excluding carboxylic acids is 3. The minimum Gasteiger partial charge on any atom is -0.462 e. The third kappa shape index (κ3) is 56.6. The third-order valence-corrected chi connectivity index (χ3v) is 11.9. The smallest absolute Gasteiger partial charge is 0.306 e. The number of hydrogen-bond donors (Lipinski definition) is 0. The molecule has 6 heteroatoms. The quantitative estimate of drug-likeness (QED) is 0.0261. The molecule has 6 nitrogen and oxygen atoms in total. The summed E-state index contributed by atoms with van der Waals surface area (Å²) in [5.41, 5.74) is 0. The highest BCUT2D eigenvalue weighted by Crippen LogP contribution is 2.14. The van der Waals surface area contributed by atoms with Crippen molar-refractivity contribution in [3.63, 3.8) is 0 Å². The molecule has 0 aliphatic carbocycles. The summed E-state index contributed by atoms with van der Waals surface area (Å²) < 4.78 is 16.8. The standard InChI is InChI=1S/C65H106O6/c1-4-7-10-13-16-19-22-25-28-30-32-34-37-40-43-46-49-52-55-58-64(67)70-61-62(60-69-63(66)57-54-51-48-45-42-39-36-27-24-21-18-15-12-9-6-3)71-65(68)59-56-53-50-47-44-41-38-35-33-31-29-26-23-20-17-14-11-8-5-2/h7-8,10-11,16-17,19-20,25-29,32-36,40,43,62H,4-6,9,12-15,18,21-24,30-31,37-39,41-42,44-61H2,1-3H3/b10-7-,11-8-,19-16-,20-17-,28-25-,29-26-,34-32-,35-33-,36-27-,43-40-. The van der Waals surface area contributed by atoms with Gasteiger partial charge in [-0.1, -0.05) is 226 Å². The van der Waals surface area contributed by atoms with E-state index in [9.17, 15) is 14.4 Å². The number of carbonyl (C=O) groups is 3. The normalized spacial score (nSPS) is 13.0. The molecule has 0 heterocycles. The van der Waals surface area contributed by atoms with Gasteiger partial charge in [-0.3, -0.25) is 14.4 Å². The Bertz CT molecular complexity index is 1500. The number of rotatable bonds is 51. The molecule has 0 spiro atoms. The average Bonchev–Trinajstić information content (AvgIpc) is 3.37. The van der Waals surface area contributed by atoms with Crippen LogP contribution in [-0.2, 0) is 28.6 Å². The highest BCUT2D eigenvalue weighted by molar-refractivity contribution is 5.71. The highest BCUT2D eigenvalue weighted by Gasteiger charge is 2.19. The lowest BCUT2D eigenvalue weighted by Gasteiger charge is -2.18. The Morgan fingerprint density at radius 2 is 0.549 bits per heavy atom. The second-order valence-electron chi connectivity index (χ2n) is 18.8. The van der Waals surface area contributed by atoms with Gasteiger partial charge in [0, 0.05) is 19.3 Å². The summed E-state index contributed by atoms with van der Waals surface area (Å²) in [4.78, 5) is 38.2. The van der Waals surface area contributed by atoms with Crippen LogP contribution in [0.2, 0.25) is 0 Å². The topological polar surface area (TPSA) is 78.9 Å². The molecule has 0 saturated heterocycles. The van der Waals surface area contributed by atoms with Crippen LogP contribution in [0.4, 0.5) is 0 Å². The van der Waals surface area contributed by atoms with E-state index in [1.807, 2.05) is 0 Å². The lowest BCUT2D eigenvalue weighted by Crippen LogP contribution is -2.30. The van der Waals surface area contributed by atoms with E-state index in [0.29, 0.717) is 19.3 Å². The first-order chi connectivity index (χ1) is 35.0. The molecular formula is C65H106O6. The van der Waals surface area contributed by atoms with Crippen molar-refractivity contribution in [1.82, 2.24) is 0 Å². The molecule has 0 aromatic rings. The fourth-order valence-corrected chi connectivity index (χ4v) is 7.63. The zero-order valence-corrected chi connectivity index (χ0v) is 45.9. The first-order valence-electron chi connectivity index (χ1n) is 29.0. The molecule has 0 radical (unpaired) electrons. The molecule has 0 fully saturated rings. The van der Waals surface area contributed by atoms with Gasteiger partial charge >= 0.3 is 17.9 Å². The van der Waals surface area contributed by atoms with E-state index >= 15 is 0 Å². The lowest BCUT2D eigenvalue weighted by molar-refractivity contribution is -0.167. The van der Waals surface area contributed by atoms with E-state index in [-0.39, 0.29) is 31.1 Å². The van der Waals surface area contributed by atoms with E-state index in [1.54, 1.807) is 0 Å². The lowest BCUT2D eigenvalue weighted by atomic mass is 10.1. The Morgan fingerprint density at radius 3 is 0.887 bits per heavy atom. The van der Waals surface area contributed by atoms with E-state index in [0.717, 1.165) is 148 Å². The molecule has 1 atom stereocenters. The fourth-order valence-electron chi connectivity index (χ4n) is 7.63. The van der Waals surface area contributed by atoms with Gasteiger partial charge in [-0.2, -0.15) is 0 Å². The highest BCUT2D eigenvalue weighted by atomic mass is 16.6. The van der Waals surface area contributed by atoms with Gasteiger partial charge in [0.1, 0.15) is 13.2 Å². The van der Waals surface area contributed by atoms with Crippen LogP contribution in [0.5, 0.6) is 0 Å². The van der Waals surface area contributed by atoms with Crippen molar-refractivity contribution in [3.8, 4) is 0 Å². The Labute approximate surface area is 437 Å². The number of esters is 3. The number of ether oxygens (including phenoxy) is 3. The van der Waals surface area contributed by atoms with Gasteiger partial charge in [-0.15, -0.1) is 0 Å². The summed E-state index contributed by atoms with van der Waals surface area (Å²) >= 11 is 0. The molecule has 0 N–H and O–H groups in total. The molecule has 0 aliphatic rings. The van der Waals surface area contributed by atoms with Crippen LogP contribution in [0.25, 0.3) is 0 Å². The van der Waals surface area contributed by atoms with Gasteiger partial charge < -0.3 is 14.2 Å². The fraction of sp³-hybridized carbons (Fsp3) is 0.646. The number of hydrogen-bond acceptors (Lipinski definition) is 6. The maximum atomic E-state index is 12.9. The van der Waals surface area contributed by atoms with E-state index in [2.05, 4.69) is 142 Å². The zero-order chi connectivity index (χ0) is 51.4. The summed E-state index contributed by atoms with van der Waals surface area (Å²) in [5.74, 6) is -0.958. The number of allylic oxidation sites excluding steroid dienone is 20. The van der Waals surface area contributed by atoms with Crippen LogP contribution >= 0.6 is 0 Å². The van der Waals surface area contributed by atoms with Gasteiger partial charge in [-0.25, -0.2) is 0 Å². The first-order valence-corrected chi connectivity index (χ1v) is 29.0. The minimum atomic E-state index is -0.807. The average molecular weight is 984 g/mol. The van der Waals surface area contributed by atoms with E-state index < -0.39 is 6.10 Å². The minimum absolute atomic E-state index is 0.102. The third-order valence-electron chi connectivity index (χ3n) is 11.9. The second-order valence-corrected chi connectivity index (χ2v) is 18.8. The van der Waals surface area contributed by atoms with Crippen LogP contribution in [0.3, 0.4) is 0 Å². The Balaban J connectivity index is 4.51. The molecule has 0 rings (SSSR count). The van der Waals surface area contributed by atoms with Crippen LogP contribution in [0, 0.1) is 0 Å². The van der Waals surface area contributed by atoms with Gasteiger partial charge in [0.25, 0.3) is 0 Å². The van der Waals surface area contributed by atoms with Crippen molar-refractivity contribution in [1.29, 1.82) is 0 Å². The van der Waals surface area contributed by atoms with Crippen LogP contribution < -0.4 is 0 Å². The maximum absolute atomic E-state index is 12.9. The molecule has 1 unspecified atom stereocenters. The van der Waals surface area contributed by atoms with Gasteiger partial charge in [0.05, 0.1) is 0 Å². The molecule has 0 saturated carbocycles. The van der Waals surface area contributed by atoms with Crippen molar-refractivity contribution in [2.45, 2.75) is 258 Å². The molecule has 0 bridgehead atoms. The Kier molecular flexibility index (Phi) is 54.9. The Morgan fingerprint density at radius 1 is 0.296 bits per heavy atom. The monoisotopic (exact) mass is 983 g/mol. The van der Waals surface area contributed by atoms with Crippen molar-refractivity contribution in [2.24, 2.45) is 0 Å². The van der Waals surface area contributed by atoms with E-state index in [1.165, 1.54) is 64.2 Å². The summed E-state index contributed by atoms with van der Waals surface area (Å²) in [7, 11) is 0. The summed E-state index contributed by atoms with van der Waals surface area (Å²) in [6.45, 7) is 6.36. The summed E-state index contributed by atoms with van der Waals surface area (Å²) in [5, 5.41) is 0. The van der Waals surface area contributed by atoms with Crippen LogP contribution in [0.1, 0.15) is 252 Å². The van der Waals surface area contributed by atoms with Crippen LogP contribution in [0.15, 0.2) is 122 Å². The predicted octanol–water partition coefficient (Wildman–Crippen LogP) is 19.6. The van der Waals surface area contributed by atoms with Gasteiger partial charge in [0.15, 0.2) is 6.10 Å². The molecule has 402 valence electrons. The molecule has 0 amide bonds. The molecule has 71 heavy (non-hydrogen) atoms. The zero-order valence-electron chi connectivity index (χ0n) is 45.9. The van der Waals surface area contributed by atoms with Crippen molar-refractivity contribution in [2.75, 3.05) is 13.2 Å². The molecule has 0 aromatic heterocycles. The summed E-state index contributed by atoms with van der Waals surface area (Å²) in [6, 6.07) is 0. The Hall–Kier alpha value is -4.19. The van der Waals surface area contributed by atoms with Crippen LogP contribution in [-0.4, -0.2) is 37.2 Å². The van der Waals surface area contributed by atoms with Crippen molar-refractivity contribution in [3.05, 3.63) is 122 Å². The predicted molar refractivity (Wildman–Crippen MR) is 306 cm³/mol. The molecule has 0 aromatic carbocycles. The van der Waals surface area contributed by atoms with E-state index in [4.69, 9.17) is 14.2 Å².